The fraction of sp³-hybridized carbons (Fsp3) is 0.455. The molecular formula is C22H28N2O3. The summed E-state index contributed by atoms with van der Waals surface area (Å²) in [5, 5.41) is 3.61. The van der Waals surface area contributed by atoms with E-state index < -0.39 is 0 Å². The smallest absolute Gasteiger partial charge is 0.119 e. The predicted octanol–water partition coefficient (Wildman–Crippen LogP) is 3.55. The number of hydrogen-bond donors (Lipinski definition) is 1. The number of likely N-dealkylation sites (tertiary alicyclic amines) is 1. The van der Waals surface area contributed by atoms with Crippen LogP contribution in [0.2, 0.25) is 0 Å². The van der Waals surface area contributed by atoms with Crippen molar-refractivity contribution in [2.75, 3.05) is 39.2 Å². The maximum absolute atomic E-state index is 6.29. The summed E-state index contributed by atoms with van der Waals surface area (Å²) in [4.78, 5) is 2.50. The van der Waals surface area contributed by atoms with E-state index in [0.717, 1.165) is 56.3 Å². The van der Waals surface area contributed by atoms with Gasteiger partial charge in [0.1, 0.15) is 11.5 Å². The highest BCUT2D eigenvalue weighted by Gasteiger charge is 2.45. The van der Waals surface area contributed by atoms with Crippen LogP contribution in [-0.4, -0.2) is 50.5 Å². The Balaban J connectivity index is 1.31. The standard InChI is InChI=1S/C22H28N2O3/c1-25-20-7-3-17(4-8-20)14-24-12-11-22(16-24)13-19(15-27-22)23-18-5-9-21(26-2)10-6-18/h3-10,19,23H,11-16H2,1-2H3/t19-,22+/m0/s1. The molecule has 2 atom stereocenters. The molecule has 1 N–H and O–H groups in total. The summed E-state index contributed by atoms with van der Waals surface area (Å²) in [6, 6.07) is 16.8. The number of anilines is 1. The van der Waals surface area contributed by atoms with Crippen LogP contribution in [0.15, 0.2) is 48.5 Å². The first-order chi connectivity index (χ1) is 13.2. The van der Waals surface area contributed by atoms with Gasteiger partial charge < -0.3 is 19.5 Å². The molecule has 2 aromatic carbocycles. The van der Waals surface area contributed by atoms with Gasteiger partial charge in [0.2, 0.25) is 0 Å². The van der Waals surface area contributed by atoms with E-state index in [1.165, 1.54) is 5.56 Å². The number of nitrogens with one attached hydrogen (secondary N) is 1. The van der Waals surface area contributed by atoms with Gasteiger partial charge in [-0.3, -0.25) is 4.90 Å². The number of benzene rings is 2. The van der Waals surface area contributed by atoms with Crippen molar-refractivity contribution in [2.24, 2.45) is 0 Å². The molecule has 0 aromatic heterocycles. The number of ether oxygens (including phenoxy) is 3. The fourth-order valence-corrected chi connectivity index (χ4v) is 4.20. The van der Waals surface area contributed by atoms with Crippen molar-refractivity contribution in [3.63, 3.8) is 0 Å². The lowest BCUT2D eigenvalue weighted by molar-refractivity contribution is 0.0120. The van der Waals surface area contributed by atoms with Crippen LogP contribution in [0.4, 0.5) is 5.69 Å². The van der Waals surface area contributed by atoms with E-state index in [0.29, 0.717) is 6.04 Å². The Labute approximate surface area is 161 Å². The number of methoxy groups -OCH3 is 2. The Bertz CT molecular complexity index is 680. The minimum absolute atomic E-state index is 0.00337. The average molecular weight is 368 g/mol. The van der Waals surface area contributed by atoms with Crippen molar-refractivity contribution in [1.82, 2.24) is 4.90 Å². The van der Waals surface area contributed by atoms with Crippen LogP contribution in [0, 0.1) is 0 Å². The van der Waals surface area contributed by atoms with Crippen molar-refractivity contribution < 1.29 is 14.2 Å². The van der Waals surface area contributed by atoms with Crippen molar-refractivity contribution in [1.29, 1.82) is 0 Å². The van der Waals surface area contributed by atoms with Crippen LogP contribution < -0.4 is 14.8 Å². The van der Waals surface area contributed by atoms with Crippen molar-refractivity contribution in [3.8, 4) is 11.5 Å². The molecule has 0 radical (unpaired) electrons. The van der Waals surface area contributed by atoms with E-state index in [1.54, 1.807) is 14.2 Å². The normalized spacial score (nSPS) is 25.0. The Kier molecular flexibility index (Phi) is 5.23. The average Bonchev–Trinajstić information content (AvgIpc) is 3.29. The molecular weight excluding hydrogens is 340 g/mol. The van der Waals surface area contributed by atoms with Gasteiger partial charge in [-0.25, -0.2) is 0 Å². The van der Waals surface area contributed by atoms with Crippen molar-refractivity contribution in [3.05, 3.63) is 54.1 Å². The van der Waals surface area contributed by atoms with E-state index in [-0.39, 0.29) is 5.60 Å². The van der Waals surface area contributed by atoms with E-state index in [4.69, 9.17) is 14.2 Å². The first-order valence-corrected chi connectivity index (χ1v) is 9.58. The van der Waals surface area contributed by atoms with E-state index in [2.05, 4.69) is 34.5 Å². The maximum atomic E-state index is 6.29. The highest BCUT2D eigenvalue weighted by Crippen LogP contribution is 2.36. The van der Waals surface area contributed by atoms with Gasteiger partial charge in [0.15, 0.2) is 0 Å². The second-order valence-electron chi connectivity index (χ2n) is 7.58. The molecule has 2 aliphatic rings. The zero-order valence-corrected chi connectivity index (χ0v) is 16.1. The summed E-state index contributed by atoms with van der Waals surface area (Å²) in [5.41, 5.74) is 2.43. The van der Waals surface area contributed by atoms with Gasteiger partial charge in [0, 0.05) is 31.7 Å². The Morgan fingerprint density at radius 1 is 1.04 bits per heavy atom. The minimum Gasteiger partial charge on any atom is -0.497 e. The van der Waals surface area contributed by atoms with Crippen LogP contribution in [0.3, 0.4) is 0 Å². The van der Waals surface area contributed by atoms with Gasteiger partial charge in [-0.15, -0.1) is 0 Å². The van der Waals surface area contributed by atoms with Crippen molar-refractivity contribution in [2.45, 2.75) is 31.0 Å². The second-order valence-corrected chi connectivity index (χ2v) is 7.58. The topological polar surface area (TPSA) is 43.0 Å². The van der Waals surface area contributed by atoms with Crippen molar-refractivity contribution >= 4 is 5.69 Å². The predicted molar refractivity (Wildman–Crippen MR) is 107 cm³/mol. The summed E-state index contributed by atoms with van der Waals surface area (Å²) in [7, 11) is 3.39. The SMILES string of the molecule is COc1ccc(CN2CC[C@@]3(C[C@H](Nc4ccc(OC)cc4)CO3)C2)cc1. The lowest BCUT2D eigenvalue weighted by Gasteiger charge is -2.23. The first kappa shape index (κ1) is 18.1. The molecule has 2 aromatic rings. The molecule has 0 unspecified atom stereocenters. The maximum Gasteiger partial charge on any atom is 0.119 e. The zero-order chi connectivity index (χ0) is 18.7. The number of rotatable bonds is 6. The third-order valence-electron chi connectivity index (χ3n) is 5.63. The molecule has 0 saturated carbocycles. The summed E-state index contributed by atoms with van der Waals surface area (Å²) < 4.78 is 16.8. The lowest BCUT2D eigenvalue weighted by Crippen LogP contribution is -2.33. The van der Waals surface area contributed by atoms with E-state index >= 15 is 0 Å². The molecule has 2 aliphatic heterocycles. The van der Waals surface area contributed by atoms with E-state index in [1.807, 2.05) is 24.3 Å². The Morgan fingerprint density at radius 3 is 2.37 bits per heavy atom. The molecule has 2 saturated heterocycles. The Morgan fingerprint density at radius 2 is 1.70 bits per heavy atom. The minimum atomic E-state index is -0.00337. The van der Waals surface area contributed by atoms with Crippen LogP contribution in [0.1, 0.15) is 18.4 Å². The molecule has 2 heterocycles. The number of nitrogens with zero attached hydrogens (tertiary/aromatic N) is 1. The van der Waals surface area contributed by atoms with Crippen LogP contribution in [-0.2, 0) is 11.3 Å². The highest BCUT2D eigenvalue weighted by molar-refractivity contribution is 5.47. The van der Waals surface area contributed by atoms with Gasteiger partial charge in [-0.2, -0.15) is 0 Å². The van der Waals surface area contributed by atoms with Crippen LogP contribution in [0.5, 0.6) is 11.5 Å². The molecule has 0 bridgehead atoms. The Hall–Kier alpha value is -2.24. The highest BCUT2D eigenvalue weighted by atomic mass is 16.5. The summed E-state index contributed by atoms with van der Waals surface area (Å²) in [5.74, 6) is 1.79. The molecule has 27 heavy (non-hydrogen) atoms. The molecule has 0 amide bonds. The van der Waals surface area contributed by atoms with Gasteiger partial charge in [0.05, 0.1) is 32.5 Å². The third kappa shape index (κ3) is 4.20. The fourth-order valence-electron chi connectivity index (χ4n) is 4.20. The molecule has 5 heteroatoms. The first-order valence-electron chi connectivity index (χ1n) is 9.58. The molecule has 0 aliphatic carbocycles. The number of hydrogen-bond acceptors (Lipinski definition) is 5. The van der Waals surface area contributed by atoms with Gasteiger partial charge in [-0.05, 0) is 48.4 Å². The zero-order valence-electron chi connectivity index (χ0n) is 16.1. The van der Waals surface area contributed by atoms with E-state index in [9.17, 15) is 0 Å². The van der Waals surface area contributed by atoms with Gasteiger partial charge in [0.25, 0.3) is 0 Å². The molecule has 2 fully saturated rings. The molecule has 4 rings (SSSR count). The lowest BCUT2D eigenvalue weighted by atomic mass is 9.97. The van der Waals surface area contributed by atoms with Crippen LogP contribution in [0.25, 0.3) is 0 Å². The summed E-state index contributed by atoms with van der Waals surface area (Å²) >= 11 is 0. The second kappa shape index (κ2) is 7.79. The van der Waals surface area contributed by atoms with Gasteiger partial charge >= 0.3 is 0 Å². The monoisotopic (exact) mass is 368 g/mol. The molecule has 1 spiro atoms. The molecule has 144 valence electrons. The largest absolute Gasteiger partial charge is 0.497 e. The quantitative estimate of drug-likeness (QED) is 0.845. The van der Waals surface area contributed by atoms with Gasteiger partial charge in [-0.1, -0.05) is 12.1 Å². The summed E-state index contributed by atoms with van der Waals surface area (Å²) in [6.07, 6.45) is 2.15. The van der Waals surface area contributed by atoms with Crippen LogP contribution >= 0.6 is 0 Å². The summed E-state index contributed by atoms with van der Waals surface area (Å²) in [6.45, 7) is 3.81. The third-order valence-corrected chi connectivity index (χ3v) is 5.63. The molecule has 5 nitrogen and oxygen atoms in total.